The molecule has 0 saturated carbocycles. The second-order valence-electron chi connectivity index (χ2n) is 6.80. The lowest BCUT2D eigenvalue weighted by atomic mass is 10.1. The molecule has 0 spiro atoms. The van der Waals surface area contributed by atoms with E-state index in [0.29, 0.717) is 6.54 Å². The Hall–Kier alpha value is -2.02. The highest BCUT2D eigenvalue weighted by Gasteiger charge is 2.22. The largest absolute Gasteiger partial charge is 0.310 e. The molecule has 0 atom stereocenters. The number of H-pyrrole nitrogens is 1. The summed E-state index contributed by atoms with van der Waals surface area (Å²) in [5, 5.41) is 3.80. The van der Waals surface area contributed by atoms with Gasteiger partial charge in [0, 0.05) is 48.4 Å². The summed E-state index contributed by atoms with van der Waals surface area (Å²) in [6.45, 7) is 4.34. The fraction of sp³-hybridized carbons (Fsp3) is 0.350. The van der Waals surface area contributed by atoms with Crippen LogP contribution >= 0.6 is 22.9 Å². The normalized spacial score (nSPS) is 14.3. The molecule has 0 bridgehead atoms. The van der Waals surface area contributed by atoms with E-state index in [1.54, 1.807) is 11.3 Å². The lowest BCUT2D eigenvalue weighted by Crippen LogP contribution is -2.35. The van der Waals surface area contributed by atoms with Crippen molar-refractivity contribution in [3.63, 3.8) is 0 Å². The Morgan fingerprint density at radius 2 is 2.07 bits per heavy atom. The third-order valence-corrected chi connectivity index (χ3v) is 5.90. The van der Waals surface area contributed by atoms with E-state index in [1.165, 1.54) is 0 Å². The minimum absolute atomic E-state index is 0.00767. The van der Waals surface area contributed by atoms with Gasteiger partial charge in [-0.25, -0.2) is 9.97 Å². The van der Waals surface area contributed by atoms with Gasteiger partial charge in [-0.1, -0.05) is 30.7 Å². The van der Waals surface area contributed by atoms with Gasteiger partial charge in [-0.05, 0) is 18.6 Å². The van der Waals surface area contributed by atoms with Crippen molar-refractivity contribution >= 4 is 22.9 Å². The van der Waals surface area contributed by atoms with Crippen molar-refractivity contribution in [3.8, 4) is 10.6 Å². The molecule has 2 aromatic heterocycles. The fourth-order valence-corrected chi connectivity index (χ4v) is 4.30. The lowest BCUT2D eigenvalue weighted by Gasteiger charge is -2.27. The monoisotopic (exact) mass is 400 g/mol. The molecule has 1 N–H and O–H groups in total. The van der Waals surface area contributed by atoms with Crippen LogP contribution in [0, 0.1) is 0 Å². The van der Waals surface area contributed by atoms with Crippen LogP contribution in [0.4, 0.5) is 0 Å². The Morgan fingerprint density at radius 1 is 1.26 bits per heavy atom. The molecular weight excluding hydrogens is 380 g/mol. The summed E-state index contributed by atoms with van der Waals surface area (Å²) in [6.07, 6.45) is 2.61. The van der Waals surface area contributed by atoms with Crippen LogP contribution in [0.3, 0.4) is 0 Å². The van der Waals surface area contributed by atoms with Gasteiger partial charge in [-0.3, -0.25) is 9.69 Å². The van der Waals surface area contributed by atoms with Crippen LogP contribution in [0.15, 0.2) is 34.4 Å². The van der Waals surface area contributed by atoms with E-state index in [1.807, 2.05) is 24.3 Å². The Morgan fingerprint density at radius 3 is 2.85 bits per heavy atom. The number of thiazole rings is 1. The van der Waals surface area contributed by atoms with Gasteiger partial charge in [0.1, 0.15) is 10.8 Å². The van der Waals surface area contributed by atoms with Gasteiger partial charge in [-0.15, -0.1) is 11.3 Å². The average Bonchev–Trinajstić information content (AvgIpc) is 3.12. The van der Waals surface area contributed by atoms with E-state index in [9.17, 15) is 4.79 Å². The van der Waals surface area contributed by atoms with Crippen LogP contribution in [0.25, 0.3) is 10.6 Å². The highest BCUT2D eigenvalue weighted by molar-refractivity contribution is 7.13. The summed E-state index contributed by atoms with van der Waals surface area (Å²) in [4.78, 5) is 27.0. The van der Waals surface area contributed by atoms with E-state index in [2.05, 4.69) is 27.2 Å². The molecule has 1 aliphatic heterocycles. The first-order chi connectivity index (χ1) is 13.1. The van der Waals surface area contributed by atoms with E-state index in [0.717, 1.165) is 70.7 Å². The molecule has 27 heavy (non-hydrogen) atoms. The molecule has 7 heteroatoms. The molecule has 0 fully saturated rings. The SMILES string of the molecule is CCCc1nc2c(c(=O)[nH]1)CN(Cc1csc(-c3ccc(Cl)cc3)n1)CC2. The third kappa shape index (κ3) is 4.13. The summed E-state index contributed by atoms with van der Waals surface area (Å²) >= 11 is 7.59. The third-order valence-electron chi connectivity index (χ3n) is 4.71. The maximum absolute atomic E-state index is 12.4. The predicted molar refractivity (Wildman–Crippen MR) is 109 cm³/mol. The van der Waals surface area contributed by atoms with Crippen molar-refractivity contribution in [3.05, 3.63) is 67.8 Å². The summed E-state index contributed by atoms with van der Waals surface area (Å²) in [7, 11) is 0. The van der Waals surface area contributed by atoms with Gasteiger partial charge < -0.3 is 4.98 Å². The zero-order valence-corrected chi connectivity index (χ0v) is 16.7. The second-order valence-corrected chi connectivity index (χ2v) is 8.09. The average molecular weight is 401 g/mol. The summed E-state index contributed by atoms with van der Waals surface area (Å²) in [6, 6.07) is 7.74. The Bertz CT molecular complexity index is 996. The van der Waals surface area contributed by atoms with Crippen molar-refractivity contribution in [2.24, 2.45) is 0 Å². The van der Waals surface area contributed by atoms with Crippen molar-refractivity contribution in [2.45, 2.75) is 39.3 Å². The highest BCUT2D eigenvalue weighted by Crippen LogP contribution is 2.26. The van der Waals surface area contributed by atoms with Crippen molar-refractivity contribution < 1.29 is 0 Å². The number of aryl methyl sites for hydroxylation is 1. The standard InChI is InChI=1S/C20H21ClN4OS/c1-2-3-18-23-17-8-9-25(11-16(17)19(26)24-18)10-15-12-27-20(22-15)13-4-6-14(21)7-5-13/h4-7,12H,2-3,8-11H2,1H3,(H,23,24,26). The quantitative estimate of drug-likeness (QED) is 0.701. The number of hydrogen-bond donors (Lipinski definition) is 1. The zero-order chi connectivity index (χ0) is 18.8. The molecule has 4 rings (SSSR count). The number of aromatic nitrogens is 3. The molecule has 0 radical (unpaired) electrons. The number of halogens is 1. The molecular formula is C20H21ClN4OS. The van der Waals surface area contributed by atoms with Gasteiger partial charge in [0.05, 0.1) is 17.0 Å². The van der Waals surface area contributed by atoms with Crippen molar-refractivity contribution in [1.29, 1.82) is 0 Å². The fourth-order valence-electron chi connectivity index (χ4n) is 3.36. The number of hydrogen-bond acceptors (Lipinski definition) is 5. The van der Waals surface area contributed by atoms with Crippen LogP contribution in [0.5, 0.6) is 0 Å². The number of rotatable bonds is 5. The van der Waals surface area contributed by atoms with Crippen LogP contribution in [-0.2, 0) is 25.9 Å². The van der Waals surface area contributed by atoms with E-state index >= 15 is 0 Å². The molecule has 3 aromatic rings. The minimum Gasteiger partial charge on any atom is -0.310 e. The van der Waals surface area contributed by atoms with Gasteiger partial charge in [0.2, 0.25) is 0 Å². The Kier molecular flexibility index (Phi) is 5.38. The predicted octanol–water partition coefficient (Wildman–Crippen LogP) is 4.06. The van der Waals surface area contributed by atoms with Gasteiger partial charge in [0.15, 0.2) is 0 Å². The zero-order valence-electron chi connectivity index (χ0n) is 15.2. The molecule has 0 unspecified atom stereocenters. The maximum atomic E-state index is 12.4. The number of nitrogens with zero attached hydrogens (tertiary/aromatic N) is 3. The van der Waals surface area contributed by atoms with Gasteiger partial charge in [-0.2, -0.15) is 0 Å². The molecule has 0 amide bonds. The van der Waals surface area contributed by atoms with Crippen LogP contribution in [0.2, 0.25) is 5.02 Å². The van der Waals surface area contributed by atoms with Gasteiger partial charge >= 0.3 is 0 Å². The topological polar surface area (TPSA) is 61.9 Å². The molecule has 140 valence electrons. The highest BCUT2D eigenvalue weighted by atomic mass is 35.5. The van der Waals surface area contributed by atoms with Crippen molar-refractivity contribution in [2.75, 3.05) is 6.54 Å². The number of fused-ring (bicyclic) bond motifs is 1. The number of aromatic amines is 1. The summed E-state index contributed by atoms with van der Waals surface area (Å²) in [5.41, 5.74) is 3.87. The smallest absolute Gasteiger partial charge is 0.255 e. The van der Waals surface area contributed by atoms with E-state index in [-0.39, 0.29) is 5.56 Å². The number of nitrogens with one attached hydrogen (secondary N) is 1. The van der Waals surface area contributed by atoms with E-state index in [4.69, 9.17) is 16.6 Å². The van der Waals surface area contributed by atoms with Crippen LogP contribution in [0.1, 0.15) is 36.1 Å². The first-order valence-electron chi connectivity index (χ1n) is 9.16. The first kappa shape index (κ1) is 18.3. The molecule has 3 heterocycles. The number of benzene rings is 1. The molecule has 5 nitrogen and oxygen atoms in total. The molecule has 0 saturated heterocycles. The molecule has 0 aliphatic carbocycles. The summed E-state index contributed by atoms with van der Waals surface area (Å²) < 4.78 is 0. The van der Waals surface area contributed by atoms with E-state index < -0.39 is 0 Å². The molecule has 1 aliphatic rings. The summed E-state index contributed by atoms with van der Waals surface area (Å²) in [5.74, 6) is 0.807. The van der Waals surface area contributed by atoms with Crippen molar-refractivity contribution in [1.82, 2.24) is 19.9 Å². The maximum Gasteiger partial charge on any atom is 0.255 e. The second kappa shape index (κ2) is 7.92. The Labute approximate surface area is 167 Å². The van der Waals surface area contributed by atoms with Crippen LogP contribution in [-0.4, -0.2) is 26.4 Å². The van der Waals surface area contributed by atoms with Gasteiger partial charge in [0.25, 0.3) is 5.56 Å². The minimum atomic E-state index is 0.00767. The first-order valence-corrected chi connectivity index (χ1v) is 10.4. The Balaban J connectivity index is 1.47. The molecule has 1 aromatic carbocycles. The lowest BCUT2D eigenvalue weighted by molar-refractivity contribution is 0.239. The van der Waals surface area contributed by atoms with Crippen LogP contribution < -0.4 is 5.56 Å².